The van der Waals surface area contributed by atoms with Crippen molar-refractivity contribution in [1.29, 1.82) is 0 Å². The zero-order valence-electron chi connectivity index (χ0n) is 12.7. The molecule has 0 bridgehead atoms. The summed E-state index contributed by atoms with van der Waals surface area (Å²) in [4.78, 5) is 0. The second-order valence-corrected chi connectivity index (χ2v) is 6.72. The van der Waals surface area contributed by atoms with Crippen molar-refractivity contribution in [2.45, 2.75) is 33.2 Å². The van der Waals surface area contributed by atoms with E-state index in [4.69, 9.17) is 11.6 Å². The lowest BCUT2D eigenvalue weighted by molar-refractivity contribution is 0.596. The number of halogens is 2. The van der Waals surface area contributed by atoms with Gasteiger partial charge in [0.1, 0.15) is 0 Å². The Labute approximate surface area is 140 Å². The molecule has 0 fully saturated rings. The fraction of sp³-hybridized carbons (Fsp3) is 0.333. The van der Waals surface area contributed by atoms with Gasteiger partial charge in [-0.1, -0.05) is 52.7 Å². The third-order valence-electron chi connectivity index (χ3n) is 3.67. The van der Waals surface area contributed by atoms with E-state index in [1.807, 2.05) is 6.92 Å². The second kappa shape index (κ2) is 7.44. The minimum absolute atomic E-state index is 0.177. The van der Waals surface area contributed by atoms with Gasteiger partial charge in [-0.2, -0.15) is 0 Å². The zero-order valence-corrected chi connectivity index (χ0v) is 15.1. The highest BCUT2D eigenvalue weighted by molar-refractivity contribution is 9.10. The minimum atomic E-state index is 0.177. The average Bonchev–Trinajstić information content (AvgIpc) is 2.44. The van der Waals surface area contributed by atoms with Crippen LogP contribution in [0.3, 0.4) is 0 Å². The largest absolute Gasteiger partial charge is 0.306 e. The molecular formula is C18H21BrClN. The summed E-state index contributed by atoms with van der Waals surface area (Å²) in [6.07, 6.45) is 1.10. The van der Waals surface area contributed by atoms with Crippen LogP contribution in [0.4, 0.5) is 0 Å². The summed E-state index contributed by atoms with van der Waals surface area (Å²) in [5.41, 5.74) is 4.90. The smallest absolute Gasteiger partial charge is 0.0579 e. The summed E-state index contributed by atoms with van der Waals surface area (Å²) in [6.45, 7) is 7.34. The Kier molecular flexibility index (Phi) is 5.86. The van der Waals surface area contributed by atoms with E-state index in [1.54, 1.807) is 0 Å². The molecule has 112 valence electrons. The van der Waals surface area contributed by atoms with Gasteiger partial charge in [0.15, 0.2) is 0 Å². The van der Waals surface area contributed by atoms with Crippen LogP contribution in [-0.4, -0.2) is 6.54 Å². The van der Waals surface area contributed by atoms with Crippen LogP contribution in [0.25, 0.3) is 0 Å². The summed E-state index contributed by atoms with van der Waals surface area (Å²) in [5.74, 6) is 0. The molecule has 0 saturated carbocycles. The van der Waals surface area contributed by atoms with Crippen molar-refractivity contribution in [1.82, 2.24) is 5.32 Å². The van der Waals surface area contributed by atoms with Crippen molar-refractivity contribution in [2.75, 3.05) is 6.54 Å². The molecule has 0 radical (unpaired) electrons. The summed E-state index contributed by atoms with van der Waals surface area (Å²) in [6, 6.07) is 12.9. The summed E-state index contributed by atoms with van der Waals surface area (Å²) in [7, 11) is 0. The van der Waals surface area contributed by atoms with E-state index in [0.717, 1.165) is 28.0 Å². The second-order valence-electron chi connectivity index (χ2n) is 5.40. The van der Waals surface area contributed by atoms with Crippen LogP contribution in [0.5, 0.6) is 0 Å². The van der Waals surface area contributed by atoms with Gasteiger partial charge >= 0.3 is 0 Å². The maximum absolute atomic E-state index is 6.31. The first kappa shape index (κ1) is 16.5. The van der Waals surface area contributed by atoms with Crippen molar-refractivity contribution >= 4 is 27.5 Å². The molecule has 0 aliphatic heterocycles. The zero-order chi connectivity index (χ0) is 15.4. The summed E-state index contributed by atoms with van der Waals surface area (Å²) in [5, 5.41) is 4.46. The normalized spacial score (nSPS) is 12.4. The molecule has 2 aromatic rings. The summed E-state index contributed by atoms with van der Waals surface area (Å²) >= 11 is 9.84. The lowest BCUT2D eigenvalue weighted by Crippen LogP contribution is -2.24. The van der Waals surface area contributed by atoms with Crippen LogP contribution >= 0.6 is 27.5 Å². The third-order valence-corrected chi connectivity index (χ3v) is 4.57. The number of rotatable bonds is 5. The standard InChI is InChI=1S/C18H21BrClN/c1-4-9-21-18(14-6-5-12(2)17(20)11-14)16-8-7-15(19)10-13(16)3/h5-8,10-11,18,21H,4,9H2,1-3H3. The third kappa shape index (κ3) is 4.09. The Bertz CT molecular complexity index is 625. The molecule has 3 heteroatoms. The fourth-order valence-corrected chi connectivity index (χ4v) is 3.11. The van der Waals surface area contributed by atoms with E-state index in [0.29, 0.717) is 0 Å². The highest BCUT2D eigenvalue weighted by Crippen LogP contribution is 2.29. The van der Waals surface area contributed by atoms with Crippen LogP contribution < -0.4 is 5.32 Å². The van der Waals surface area contributed by atoms with Gasteiger partial charge in [0.2, 0.25) is 0 Å². The fourth-order valence-electron chi connectivity index (χ4n) is 2.45. The molecule has 0 heterocycles. The van der Waals surface area contributed by atoms with E-state index in [9.17, 15) is 0 Å². The predicted molar refractivity (Wildman–Crippen MR) is 95.2 cm³/mol. The van der Waals surface area contributed by atoms with Crippen molar-refractivity contribution in [3.8, 4) is 0 Å². The van der Waals surface area contributed by atoms with Crippen molar-refractivity contribution in [3.05, 3.63) is 68.1 Å². The molecule has 2 rings (SSSR count). The Balaban J connectivity index is 2.44. The van der Waals surface area contributed by atoms with Crippen LogP contribution in [0, 0.1) is 13.8 Å². The molecule has 0 aliphatic carbocycles. The van der Waals surface area contributed by atoms with E-state index < -0.39 is 0 Å². The average molecular weight is 367 g/mol. The monoisotopic (exact) mass is 365 g/mol. The van der Waals surface area contributed by atoms with Gasteiger partial charge in [-0.05, 0) is 67.3 Å². The first-order valence-electron chi connectivity index (χ1n) is 7.28. The highest BCUT2D eigenvalue weighted by Gasteiger charge is 2.16. The SMILES string of the molecule is CCCNC(c1ccc(C)c(Cl)c1)c1ccc(Br)cc1C. The van der Waals surface area contributed by atoms with E-state index >= 15 is 0 Å². The molecule has 1 atom stereocenters. The molecule has 1 unspecified atom stereocenters. The number of nitrogens with one attached hydrogen (secondary N) is 1. The highest BCUT2D eigenvalue weighted by atomic mass is 79.9. The van der Waals surface area contributed by atoms with Crippen LogP contribution in [0.2, 0.25) is 5.02 Å². The Morgan fingerprint density at radius 3 is 2.48 bits per heavy atom. The molecule has 2 aromatic carbocycles. The molecule has 0 amide bonds. The first-order valence-corrected chi connectivity index (χ1v) is 8.45. The molecule has 1 nitrogen and oxygen atoms in total. The number of hydrogen-bond donors (Lipinski definition) is 1. The number of aryl methyl sites for hydroxylation is 2. The topological polar surface area (TPSA) is 12.0 Å². The van der Waals surface area contributed by atoms with Crippen molar-refractivity contribution < 1.29 is 0 Å². The predicted octanol–water partition coefficient (Wildman–Crippen LogP) is 5.81. The quantitative estimate of drug-likeness (QED) is 0.704. The summed E-state index contributed by atoms with van der Waals surface area (Å²) < 4.78 is 1.11. The Morgan fingerprint density at radius 1 is 1.10 bits per heavy atom. The minimum Gasteiger partial charge on any atom is -0.306 e. The lowest BCUT2D eigenvalue weighted by Gasteiger charge is -2.22. The van der Waals surface area contributed by atoms with Gasteiger partial charge in [-0.25, -0.2) is 0 Å². The van der Waals surface area contributed by atoms with E-state index in [-0.39, 0.29) is 6.04 Å². The van der Waals surface area contributed by atoms with Crippen molar-refractivity contribution in [3.63, 3.8) is 0 Å². The molecule has 0 aromatic heterocycles. The maximum atomic E-state index is 6.31. The first-order chi connectivity index (χ1) is 10.0. The molecule has 0 aliphatic rings. The van der Waals surface area contributed by atoms with Gasteiger partial charge in [0, 0.05) is 9.50 Å². The molecule has 0 spiro atoms. The molecule has 0 saturated heterocycles. The molecule has 21 heavy (non-hydrogen) atoms. The van der Waals surface area contributed by atoms with Crippen LogP contribution in [-0.2, 0) is 0 Å². The Hall–Kier alpha value is -0.830. The maximum Gasteiger partial charge on any atom is 0.0579 e. The van der Waals surface area contributed by atoms with Crippen molar-refractivity contribution in [2.24, 2.45) is 0 Å². The van der Waals surface area contributed by atoms with E-state index in [2.05, 4.69) is 71.5 Å². The van der Waals surface area contributed by atoms with Gasteiger partial charge in [-0.15, -0.1) is 0 Å². The van der Waals surface area contributed by atoms with Gasteiger partial charge in [0.05, 0.1) is 6.04 Å². The number of hydrogen-bond acceptors (Lipinski definition) is 1. The molecular weight excluding hydrogens is 346 g/mol. The lowest BCUT2D eigenvalue weighted by atomic mass is 9.94. The van der Waals surface area contributed by atoms with Gasteiger partial charge < -0.3 is 5.32 Å². The van der Waals surface area contributed by atoms with E-state index in [1.165, 1.54) is 16.7 Å². The van der Waals surface area contributed by atoms with Crippen LogP contribution in [0.15, 0.2) is 40.9 Å². The van der Waals surface area contributed by atoms with Gasteiger partial charge in [-0.3, -0.25) is 0 Å². The number of benzene rings is 2. The Morgan fingerprint density at radius 2 is 1.86 bits per heavy atom. The molecule has 1 N–H and O–H groups in total. The van der Waals surface area contributed by atoms with Crippen LogP contribution in [0.1, 0.15) is 41.6 Å². The van der Waals surface area contributed by atoms with Gasteiger partial charge in [0.25, 0.3) is 0 Å².